The van der Waals surface area contributed by atoms with Crippen molar-refractivity contribution in [3.05, 3.63) is 35.4 Å². The van der Waals surface area contributed by atoms with Crippen LogP contribution in [0.3, 0.4) is 0 Å². The lowest BCUT2D eigenvalue weighted by molar-refractivity contribution is 0.192. The van der Waals surface area contributed by atoms with E-state index in [0.29, 0.717) is 25.9 Å². The molecular weight excluding hydrogens is 452 g/mol. The van der Waals surface area contributed by atoms with Crippen LogP contribution in [0, 0.1) is 0 Å². The molecular formula is C22H41NO7P2. The van der Waals surface area contributed by atoms with E-state index in [1.54, 1.807) is 34.6 Å². The van der Waals surface area contributed by atoms with E-state index in [4.69, 9.17) is 18.1 Å². The SMILES string of the molecule is CCOP(=O)(OCC)C(CCCN(C)Cc1ccc(C(C)O)cc1)P(=O)(OCC)OCC. The third kappa shape index (κ3) is 9.00. The summed E-state index contributed by atoms with van der Waals surface area (Å²) in [6.45, 7) is 10.8. The Morgan fingerprint density at radius 3 is 1.69 bits per heavy atom. The van der Waals surface area contributed by atoms with Crippen molar-refractivity contribution >= 4 is 15.2 Å². The van der Waals surface area contributed by atoms with E-state index < -0.39 is 26.7 Å². The van der Waals surface area contributed by atoms with Crippen molar-refractivity contribution in [2.75, 3.05) is 40.0 Å². The highest BCUT2D eigenvalue weighted by molar-refractivity contribution is 7.72. The molecule has 0 fully saturated rings. The molecule has 0 aliphatic carbocycles. The van der Waals surface area contributed by atoms with Crippen LogP contribution in [0.2, 0.25) is 0 Å². The summed E-state index contributed by atoms with van der Waals surface area (Å²) in [5.41, 5.74) is 2.00. The van der Waals surface area contributed by atoms with Crippen LogP contribution in [-0.4, -0.2) is 55.4 Å². The van der Waals surface area contributed by atoms with Crippen LogP contribution in [0.25, 0.3) is 0 Å². The van der Waals surface area contributed by atoms with E-state index in [1.807, 2.05) is 31.3 Å². The van der Waals surface area contributed by atoms with E-state index in [0.717, 1.165) is 11.1 Å². The van der Waals surface area contributed by atoms with E-state index in [-0.39, 0.29) is 26.4 Å². The van der Waals surface area contributed by atoms with Crippen LogP contribution in [-0.2, 0) is 33.8 Å². The van der Waals surface area contributed by atoms with E-state index in [1.165, 1.54) is 0 Å². The van der Waals surface area contributed by atoms with E-state index >= 15 is 0 Å². The molecule has 8 nitrogen and oxygen atoms in total. The van der Waals surface area contributed by atoms with Crippen molar-refractivity contribution in [3.63, 3.8) is 0 Å². The first-order chi connectivity index (χ1) is 15.2. The Kier molecular flexibility index (Phi) is 13.5. The molecule has 1 aromatic carbocycles. The number of aliphatic hydroxyl groups is 1. The topological polar surface area (TPSA) is 94.5 Å². The number of hydrogen-bond acceptors (Lipinski definition) is 8. The molecule has 0 aliphatic heterocycles. The van der Waals surface area contributed by atoms with Gasteiger partial charge in [-0.15, -0.1) is 0 Å². The lowest BCUT2D eigenvalue weighted by atomic mass is 10.1. The zero-order chi connectivity index (χ0) is 24.2. The average molecular weight is 494 g/mol. The van der Waals surface area contributed by atoms with Crippen LogP contribution in [0.15, 0.2) is 24.3 Å². The van der Waals surface area contributed by atoms with Gasteiger partial charge in [0, 0.05) is 6.54 Å². The van der Waals surface area contributed by atoms with Crippen molar-refractivity contribution < 1.29 is 32.3 Å². The molecule has 0 aliphatic rings. The molecule has 186 valence electrons. The molecule has 32 heavy (non-hydrogen) atoms. The van der Waals surface area contributed by atoms with Gasteiger partial charge in [-0.25, -0.2) is 0 Å². The summed E-state index contributed by atoms with van der Waals surface area (Å²) >= 11 is 0. The van der Waals surface area contributed by atoms with Gasteiger partial charge in [0.2, 0.25) is 0 Å². The first kappa shape index (κ1) is 29.5. The Morgan fingerprint density at radius 2 is 1.31 bits per heavy atom. The van der Waals surface area contributed by atoms with Crippen LogP contribution < -0.4 is 0 Å². The maximum absolute atomic E-state index is 13.6. The summed E-state index contributed by atoms with van der Waals surface area (Å²) in [4.78, 5) is 2.13. The number of rotatable bonds is 17. The first-order valence-electron chi connectivity index (χ1n) is 11.4. The fourth-order valence-electron chi connectivity index (χ4n) is 3.46. The minimum atomic E-state index is -3.71. The maximum Gasteiger partial charge on any atom is 0.345 e. The summed E-state index contributed by atoms with van der Waals surface area (Å²) in [6, 6.07) is 7.84. The van der Waals surface area contributed by atoms with Gasteiger partial charge in [-0.2, -0.15) is 0 Å². The predicted octanol–water partition coefficient (Wildman–Crippen LogP) is 5.81. The van der Waals surface area contributed by atoms with Gasteiger partial charge in [-0.05, 0) is 72.2 Å². The van der Waals surface area contributed by atoms with E-state index in [2.05, 4.69) is 4.90 Å². The molecule has 1 atom stereocenters. The molecule has 0 amide bonds. The summed E-state index contributed by atoms with van der Waals surface area (Å²) in [6.07, 6.45) is 0.442. The molecule has 0 radical (unpaired) electrons. The lowest BCUT2D eigenvalue weighted by Crippen LogP contribution is -2.22. The van der Waals surface area contributed by atoms with Crippen molar-refractivity contribution in [2.24, 2.45) is 0 Å². The lowest BCUT2D eigenvalue weighted by Gasteiger charge is -2.31. The quantitative estimate of drug-likeness (QED) is 0.272. The van der Waals surface area contributed by atoms with Gasteiger partial charge in [0.05, 0.1) is 32.5 Å². The van der Waals surface area contributed by atoms with Crippen molar-refractivity contribution in [1.29, 1.82) is 0 Å². The third-order valence-corrected chi connectivity index (χ3v) is 11.0. The number of aliphatic hydroxyl groups excluding tert-OH is 1. The molecule has 0 saturated heterocycles. The normalized spacial score (nSPS) is 13.8. The van der Waals surface area contributed by atoms with Crippen LogP contribution >= 0.6 is 15.2 Å². The average Bonchev–Trinajstić information content (AvgIpc) is 2.72. The minimum Gasteiger partial charge on any atom is -0.389 e. The molecule has 10 heteroatoms. The zero-order valence-electron chi connectivity index (χ0n) is 20.4. The second kappa shape index (κ2) is 14.6. The standard InChI is InChI=1S/C22H41NO7P2/c1-7-27-31(25,28-8-2)22(32(26,29-9-3)30-10-4)12-11-17-23(6)18-20-13-15-21(16-14-20)19(5)24/h13-16,19,22,24H,7-12,17-18H2,1-6H3. The van der Waals surface area contributed by atoms with Gasteiger partial charge in [0.25, 0.3) is 0 Å². The molecule has 0 aromatic heterocycles. The van der Waals surface area contributed by atoms with Gasteiger partial charge in [-0.3, -0.25) is 9.13 Å². The fraction of sp³-hybridized carbons (Fsp3) is 0.727. The molecule has 0 heterocycles. The number of nitrogens with zero attached hydrogens (tertiary/aromatic N) is 1. The second-order valence-electron chi connectivity index (χ2n) is 7.53. The first-order valence-corrected chi connectivity index (χ1v) is 14.6. The van der Waals surface area contributed by atoms with E-state index in [9.17, 15) is 14.2 Å². The van der Waals surface area contributed by atoms with Crippen molar-refractivity contribution in [2.45, 2.75) is 65.5 Å². The Bertz CT molecular complexity index is 692. The zero-order valence-corrected chi connectivity index (χ0v) is 22.1. The summed E-state index contributed by atoms with van der Waals surface area (Å²) in [7, 11) is -5.42. The molecule has 0 bridgehead atoms. The Morgan fingerprint density at radius 1 is 0.875 bits per heavy atom. The largest absolute Gasteiger partial charge is 0.389 e. The van der Waals surface area contributed by atoms with Gasteiger partial charge >= 0.3 is 15.2 Å². The second-order valence-corrected chi connectivity index (χ2v) is 12.4. The van der Waals surface area contributed by atoms with Crippen LogP contribution in [0.5, 0.6) is 0 Å². The maximum atomic E-state index is 13.6. The van der Waals surface area contributed by atoms with Crippen molar-refractivity contribution in [1.82, 2.24) is 4.90 Å². The number of benzene rings is 1. The summed E-state index contributed by atoms with van der Waals surface area (Å²) in [5.74, 6) is 0. The smallest absolute Gasteiger partial charge is 0.345 e. The van der Waals surface area contributed by atoms with Gasteiger partial charge in [0.15, 0.2) is 5.40 Å². The summed E-state index contributed by atoms with van der Waals surface area (Å²) in [5, 5.41) is 8.67. The molecule has 1 rings (SSSR count). The Hall–Kier alpha value is -0.560. The molecule has 1 aromatic rings. The molecule has 1 unspecified atom stereocenters. The van der Waals surface area contributed by atoms with Crippen LogP contribution in [0.1, 0.15) is 64.7 Å². The van der Waals surface area contributed by atoms with Gasteiger partial charge in [0.1, 0.15) is 0 Å². The fourth-order valence-corrected chi connectivity index (χ4v) is 8.92. The van der Waals surface area contributed by atoms with Crippen molar-refractivity contribution in [3.8, 4) is 0 Å². The highest BCUT2D eigenvalue weighted by Crippen LogP contribution is 2.71. The summed E-state index contributed by atoms with van der Waals surface area (Å²) < 4.78 is 49.2. The Balaban J connectivity index is 2.90. The van der Waals surface area contributed by atoms with Gasteiger partial charge < -0.3 is 28.1 Å². The highest BCUT2D eigenvalue weighted by Gasteiger charge is 2.50. The van der Waals surface area contributed by atoms with Gasteiger partial charge in [-0.1, -0.05) is 24.3 Å². The molecule has 0 saturated carbocycles. The van der Waals surface area contributed by atoms with Crippen LogP contribution in [0.4, 0.5) is 0 Å². The Labute approximate surface area is 193 Å². The minimum absolute atomic E-state index is 0.175. The third-order valence-electron chi connectivity index (χ3n) is 4.88. The molecule has 1 N–H and O–H groups in total. The predicted molar refractivity (Wildman–Crippen MR) is 128 cm³/mol. The monoisotopic (exact) mass is 493 g/mol. The molecule has 0 spiro atoms. The number of hydrogen-bond donors (Lipinski definition) is 1. The highest BCUT2D eigenvalue weighted by atomic mass is 31.2.